The van der Waals surface area contributed by atoms with Crippen molar-refractivity contribution in [1.29, 1.82) is 0 Å². The number of urea groups is 1. The van der Waals surface area contributed by atoms with Gasteiger partial charge in [-0.25, -0.2) is 9.59 Å². The average molecular weight is 325 g/mol. The molecule has 2 N–H and O–H groups in total. The van der Waals surface area contributed by atoms with Crippen molar-refractivity contribution in [2.24, 2.45) is 0 Å². The Morgan fingerprint density at radius 2 is 1.95 bits per heavy atom. The highest BCUT2D eigenvalue weighted by molar-refractivity contribution is 6.34. The maximum Gasteiger partial charge on any atom is 0.418 e. The van der Waals surface area contributed by atoms with E-state index in [0.717, 1.165) is 24.1 Å². The van der Waals surface area contributed by atoms with Gasteiger partial charge < -0.3 is 15.3 Å². The molecule has 21 heavy (non-hydrogen) atoms. The summed E-state index contributed by atoms with van der Waals surface area (Å²) in [5.41, 5.74) is -1.72. The first kappa shape index (κ1) is 17.1. The number of benzene rings is 1. The van der Waals surface area contributed by atoms with Gasteiger partial charge in [-0.15, -0.1) is 0 Å². The van der Waals surface area contributed by atoms with E-state index in [1.54, 1.807) is 0 Å². The number of nitrogens with zero attached hydrogens (tertiary/aromatic N) is 1. The van der Waals surface area contributed by atoms with E-state index >= 15 is 0 Å². The normalized spacial score (nSPS) is 12.7. The van der Waals surface area contributed by atoms with Crippen LogP contribution in [-0.2, 0) is 11.0 Å². The molecule has 0 aliphatic heterocycles. The Kier molecular flexibility index (Phi) is 5.06. The Balaban J connectivity index is 3.08. The molecular weight excluding hydrogens is 313 g/mol. The van der Waals surface area contributed by atoms with Gasteiger partial charge >= 0.3 is 18.2 Å². The van der Waals surface area contributed by atoms with E-state index in [2.05, 4.69) is 0 Å². The lowest BCUT2D eigenvalue weighted by Crippen LogP contribution is -2.42. The largest absolute Gasteiger partial charge is 0.480 e. The molecule has 1 rings (SSSR count). The molecule has 0 saturated carbocycles. The summed E-state index contributed by atoms with van der Waals surface area (Å²) >= 11 is 5.68. The molecule has 5 nitrogen and oxygen atoms in total. The number of aliphatic carboxylic acids is 1. The molecule has 0 spiro atoms. The maximum atomic E-state index is 12.8. The van der Waals surface area contributed by atoms with Crippen LogP contribution in [0.5, 0.6) is 0 Å². The molecule has 1 aromatic rings. The molecule has 0 radical (unpaired) electrons. The van der Waals surface area contributed by atoms with E-state index in [-0.39, 0.29) is 5.02 Å². The van der Waals surface area contributed by atoms with Gasteiger partial charge in [0, 0.05) is 7.05 Å². The third kappa shape index (κ3) is 4.01. The SMILES string of the molecule is CC(C(=O)O)N(C)C(=O)Nc1c(Cl)cccc1C(F)(F)F. The lowest BCUT2D eigenvalue weighted by atomic mass is 10.1. The highest BCUT2D eigenvalue weighted by Crippen LogP contribution is 2.38. The van der Waals surface area contributed by atoms with Crippen LogP contribution in [0.1, 0.15) is 12.5 Å². The number of hydrogen-bond acceptors (Lipinski definition) is 2. The number of carbonyl (C=O) groups is 2. The number of carbonyl (C=O) groups excluding carboxylic acids is 1. The van der Waals surface area contributed by atoms with Crippen LogP contribution in [0.3, 0.4) is 0 Å². The summed E-state index contributed by atoms with van der Waals surface area (Å²) in [6, 6.07) is 0.838. The van der Waals surface area contributed by atoms with E-state index in [1.165, 1.54) is 13.0 Å². The molecule has 0 bridgehead atoms. The van der Waals surface area contributed by atoms with Crippen molar-refractivity contribution in [3.05, 3.63) is 28.8 Å². The molecule has 1 unspecified atom stereocenters. The molecular formula is C12H12ClF3N2O3. The van der Waals surface area contributed by atoms with Crippen molar-refractivity contribution in [1.82, 2.24) is 4.90 Å². The van der Waals surface area contributed by atoms with Gasteiger partial charge in [0.05, 0.1) is 16.3 Å². The van der Waals surface area contributed by atoms with Gasteiger partial charge in [0.25, 0.3) is 0 Å². The lowest BCUT2D eigenvalue weighted by molar-refractivity contribution is -0.141. The first-order valence-electron chi connectivity index (χ1n) is 5.68. The summed E-state index contributed by atoms with van der Waals surface area (Å²) in [7, 11) is 1.15. The van der Waals surface area contributed by atoms with Crippen molar-refractivity contribution in [2.75, 3.05) is 12.4 Å². The van der Waals surface area contributed by atoms with Crippen LogP contribution in [0.25, 0.3) is 0 Å². The van der Waals surface area contributed by atoms with Crippen molar-refractivity contribution < 1.29 is 27.9 Å². The molecule has 1 aromatic carbocycles. The molecule has 0 aliphatic rings. The van der Waals surface area contributed by atoms with E-state index in [9.17, 15) is 22.8 Å². The average Bonchev–Trinajstić information content (AvgIpc) is 2.37. The Hall–Kier alpha value is -1.96. The number of nitrogens with one attached hydrogen (secondary N) is 1. The van der Waals surface area contributed by atoms with Gasteiger partial charge in [-0.1, -0.05) is 17.7 Å². The molecule has 0 aliphatic carbocycles. The molecule has 0 heterocycles. The summed E-state index contributed by atoms with van der Waals surface area (Å²) < 4.78 is 38.5. The maximum absolute atomic E-state index is 12.8. The summed E-state index contributed by atoms with van der Waals surface area (Å²) in [6.07, 6.45) is -4.70. The zero-order valence-corrected chi connectivity index (χ0v) is 11.8. The van der Waals surface area contributed by atoms with Crippen LogP contribution >= 0.6 is 11.6 Å². The Bertz CT molecular complexity index is 563. The number of alkyl halides is 3. The van der Waals surface area contributed by atoms with E-state index in [4.69, 9.17) is 16.7 Å². The summed E-state index contributed by atoms with van der Waals surface area (Å²) in [5.74, 6) is -1.29. The summed E-state index contributed by atoms with van der Waals surface area (Å²) in [4.78, 5) is 23.3. The van der Waals surface area contributed by atoms with Crippen molar-refractivity contribution in [2.45, 2.75) is 19.1 Å². The minimum atomic E-state index is -4.70. The van der Waals surface area contributed by atoms with Crippen LogP contribution in [-0.4, -0.2) is 35.1 Å². The summed E-state index contributed by atoms with van der Waals surface area (Å²) in [5, 5.41) is 10.5. The zero-order chi connectivity index (χ0) is 16.4. The van der Waals surface area contributed by atoms with Crippen LogP contribution in [0.2, 0.25) is 5.02 Å². The molecule has 2 amide bonds. The number of rotatable bonds is 3. The smallest absolute Gasteiger partial charge is 0.418 e. The molecule has 0 aromatic heterocycles. The van der Waals surface area contributed by atoms with E-state index < -0.39 is 35.5 Å². The molecule has 9 heteroatoms. The standard InChI is InChI=1S/C12H12ClF3N2O3/c1-6(10(19)20)18(2)11(21)17-9-7(12(14,15)16)4-3-5-8(9)13/h3-6H,1-2H3,(H,17,21)(H,19,20). The second kappa shape index (κ2) is 6.21. The Morgan fingerprint density at radius 3 is 2.43 bits per heavy atom. The third-order valence-corrected chi connectivity index (χ3v) is 3.12. The van der Waals surface area contributed by atoms with E-state index in [1.807, 2.05) is 5.32 Å². The monoisotopic (exact) mass is 324 g/mol. The van der Waals surface area contributed by atoms with Crippen LogP contribution < -0.4 is 5.32 Å². The number of amides is 2. The van der Waals surface area contributed by atoms with Crippen LogP contribution in [0.15, 0.2) is 18.2 Å². The van der Waals surface area contributed by atoms with Crippen molar-refractivity contribution in [3.63, 3.8) is 0 Å². The molecule has 0 saturated heterocycles. The second-order valence-electron chi connectivity index (χ2n) is 4.22. The Morgan fingerprint density at radius 1 is 1.38 bits per heavy atom. The summed E-state index contributed by atoms with van der Waals surface area (Å²) in [6.45, 7) is 1.22. The molecule has 0 fully saturated rings. The highest BCUT2D eigenvalue weighted by Gasteiger charge is 2.35. The number of anilines is 1. The topological polar surface area (TPSA) is 69.6 Å². The minimum absolute atomic E-state index is 0.297. The van der Waals surface area contributed by atoms with Gasteiger partial charge in [-0.2, -0.15) is 13.2 Å². The lowest BCUT2D eigenvalue weighted by Gasteiger charge is -2.23. The number of carboxylic acids is 1. The molecule has 1 atom stereocenters. The number of carboxylic acid groups (broad SMARTS) is 1. The number of hydrogen-bond donors (Lipinski definition) is 2. The third-order valence-electron chi connectivity index (χ3n) is 2.81. The fourth-order valence-electron chi connectivity index (χ4n) is 1.42. The van der Waals surface area contributed by atoms with Gasteiger partial charge in [-0.05, 0) is 19.1 Å². The predicted molar refractivity (Wildman–Crippen MR) is 70.3 cm³/mol. The number of halogens is 4. The van der Waals surface area contributed by atoms with Gasteiger partial charge in [-0.3, -0.25) is 0 Å². The van der Waals surface area contributed by atoms with Gasteiger partial charge in [0.1, 0.15) is 6.04 Å². The quantitative estimate of drug-likeness (QED) is 0.896. The number of likely N-dealkylation sites (N-methyl/N-ethyl adjacent to an activating group) is 1. The van der Waals surface area contributed by atoms with Crippen molar-refractivity contribution in [3.8, 4) is 0 Å². The molecule has 116 valence electrons. The van der Waals surface area contributed by atoms with Crippen molar-refractivity contribution >= 4 is 29.3 Å². The predicted octanol–water partition coefficient (Wildman–Crippen LogP) is 3.30. The van der Waals surface area contributed by atoms with Crippen LogP contribution in [0.4, 0.5) is 23.7 Å². The van der Waals surface area contributed by atoms with E-state index in [0.29, 0.717) is 0 Å². The fraction of sp³-hybridized carbons (Fsp3) is 0.333. The Labute approximate surface area is 123 Å². The highest BCUT2D eigenvalue weighted by atomic mass is 35.5. The van der Waals surface area contributed by atoms with Crippen LogP contribution in [0, 0.1) is 0 Å². The second-order valence-corrected chi connectivity index (χ2v) is 4.62. The number of para-hydroxylation sites is 1. The fourth-order valence-corrected chi connectivity index (χ4v) is 1.65. The first-order chi connectivity index (χ1) is 9.55. The van der Waals surface area contributed by atoms with Gasteiger partial charge in [0.15, 0.2) is 0 Å². The first-order valence-corrected chi connectivity index (χ1v) is 6.05. The minimum Gasteiger partial charge on any atom is -0.480 e. The zero-order valence-electron chi connectivity index (χ0n) is 11.0. The van der Waals surface area contributed by atoms with Gasteiger partial charge in [0.2, 0.25) is 0 Å².